The molecule has 230 valence electrons. The molecule has 4 aromatic rings. The number of nitrogens with zero attached hydrogens (tertiary/aromatic N) is 3. The predicted octanol–water partition coefficient (Wildman–Crippen LogP) is 8.70. The molecule has 0 unspecified atom stereocenters. The maximum absolute atomic E-state index is 12.0. The van der Waals surface area contributed by atoms with Gasteiger partial charge >= 0.3 is 0 Å². The van der Waals surface area contributed by atoms with E-state index >= 15 is 0 Å². The zero-order valence-corrected chi connectivity index (χ0v) is 28.3. The molecule has 1 saturated heterocycles. The molecule has 0 N–H and O–H groups in total. The number of hydrogen-bond acceptors (Lipinski definition) is 6. The summed E-state index contributed by atoms with van der Waals surface area (Å²) < 4.78 is 11.9. The minimum absolute atomic E-state index is 0. The van der Waals surface area contributed by atoms with Crippen molar-refractivity contribution in [1.29, 1.82) is 0 Å². The number of carbonyl (C=O) groups excluding carboxylic acids is 1. The van der Waals surface area contributed by atoms with Crippen molar-refractivity contribution in [2.45, 2.75) is 33.9 Å². The van der Waals surface area contributed by atoms with Crippen LogP contribution in [0.5, 0.6) is 17.4 Å². The fourth-order valence-corrected chi connectivity index (χ4v) is 5.68. The van der Waals surface area contributed by atoms with Crippen LogP contribution in [0.3, 0.4) is 0 Å². The number of aldehydes is 1. The third-order valence-electron chi connectivity index (χ3n) is 7.54. The molecular weight excluding hydrogens is 661 g/mol. The van der Waals surface area contributed by atoms with Crippen LogP contribution < -0.4 is 9.47 Å². The standard InChI is InChI=1S/C35H35Cl2N3O3.BrH/c1-24-8-10-27(11-9-24)21-39-14-16-40(17-15-39)34(26(3)22-41)29-18-25(2)35(32(37)19-29)43-33-13-12-30(20-38-33)42-23-28-6-4-5-7-31(28)36;/h4-13,18-20,22H,14-17,21,23H2,1-3H3;1H/b34-26+;. The number of hydrogen-bond donors (Lipinski definition) is 0. The first kappa shape index (κ1) is 33.5. The van der Waals surface area contributed by atoms with Crippen LogP contribution in [-0.4, -0.2) is 47.2 Å². The van der Waals surface area contributed by atoms with Gasteiger partial charge < -0.3 is 14.4 Å². The van der Waals surface area contributed by atoms with Gasteiger partial charge in [-0.05, 0) is 56.2 Å². The van der Waals surface area contributed by atoms with Crippen molar-refractivity contribution in [3.8, 4) is 17.4 Å². The van der Waals surface area contributed by atoms with Gasteiger partial charge in [0.2, 0.25) is 5.88 Å². The molecule has 1 aliphatic rings. The first-order chi connectivity index (χ1) is 20.8. The molecule has 0 saturated carbocycles. The first-order valence-corrected chi connectivity index (χ1v) is 15.1. The van der Waals surface area contributed by atoms with Gasteiger partial charge in [0, 0.05) is 60.5 Å². The van der Waals surface area contributed by atoms with E-state index in [4.69, 9.17) is 32.7 Å². The second-order valence-corrected chi connectivity index (χ2v) is 11.6. The highest BCUT2D eigenvalue weighted by molar-refractivity contribution is 8.93. The van der Waals surface area contributed by atoms with Gasteiger partial charge in [-0.15, -0.1) is 17.0 Å². The molecule has 0 atom stereocenters. The largest absolute Gasteiger partial charge is 0.487 e. The Bertz CT molecular complexity index is 1580. The van der Waals surface area contributed by atoms with Crippen molar-refractivity contribution in [2.24, 2.45) is 0 Å². The molecule has 0 aliphatic carbocycles. The summed E-state index contributed by atoms with van der Waals surface area (Å²) in [6.07, 6.45) is 2.53. The van der Waals surface area contributed by atoms with Gasteiger partial charge in [0.05, 0.1) is 16.9 Å². The molecule has 6 nitrogen and oxygen atoms in total. The highest BCUT2D eigenvalue weighted by atomic mass is 79.9. The number of pyridine rings is 1. The molecule has 1 fully saturated rings. The lowest BCUT2D eigenvalue weighted by Crippen LogP contribution is -2.45. The number of allylic oxidation sites excluding steroid dienone is 1. The summed E-state index contributed by atoms with van der Waals surface area (Å²) in [5, 5.41) is 1.11. The monoisotopic (exact) mass is 695 g/mol. The van der Waals surface area contributed by atoms with Crippen LogP contribution in [0, 0.1) is 13.8 Å². The zero-order valence-electron chi connectivity index (χ0n) is 25.1. The van der Waals surface area contributed by atoms with E-state index in [1.165, 1.54) is 11.1 Å². The lowest BCUT2D eigenvalue weighted by atomic mass is 10.0. The summed E-state index contributed by atoms with van der Waals surface area (Å²) in [5.41, 5.74) is 6.78. The average Bonchev–Trinajstić information content (AvgIpc) is 3.01. The van der Waals surface area contributed by atoms with Gasteiger partial charge in [-0.1, -0.05) is 71.2 Å². The van der Waals surface area contributed by atoms with E-state index in [-0.39, 0.29) is 17.0 Å². The Morgan fingerprint density at radius 2 is 1.66 bits per heavy atom. The highest BCUT2D eigenvalue weighted by Crippen LogP contribution is 2.37. The van der Waals surface area contributed by atoms with Gasteiger partial charge in [0.1, 0.15) is 18.6 Å². The second kappa shape index (κ2) is 15.6. The Balaban J connectivity index is 0.00000442. The van der Waals surface area contributed by atoms with Crippen LogP contribution in [0.4, 0.5) is 0 Å². The molecule has 0 bridgehead atoms. The number of benzene rings is 3. The van der Waals surface area contributed by atoms with Crippen molar-refractivity contribution in [2.75, 3.05) is 26.2 Å². The fourth-order valence-electron chi connectivity index (χ4n) is 5.19. The zero-order chi connectivity index (χ0) is 30.3. The summed E-state index contributed by atoms with van der Waals surface area (Å²) in [5.74, 6) is 1.52. The van der Waals surface area contributed by atoms with Crippen molar-refractivity contribution in [1.82, 2.24) is 14.8 Å². The molecule has 9 heteroatoms. The third-order valence-corrected chi connectivity index (χ3v) is 8.19. The quantitative estimate of drug-likeness (QED) is 0.122. The molecule has 0 amide bonds. The summed E-state index contributed by atoms with van der Waals surface area (Å²) >= 11 is 13.0. The van der Waals surface area contributed by atoms with Gasteiger partial charge in [0.15, 0.2) is 5.75 Å². The number of piperazine rings is 1. The van der Waals surface area contributed by atoms with Crippen LogP contribution >= 0.6 is 40.2 Å². The van der Waals surface area contributed by atoms with E-state index in [9.17, 15) is 4.79 Å². The number of aryl methyl sites for hydroxylation is 2. The van der Waals surface area contributed by atoms with E-state index in [1.54, 1.807) is 18.3 Å². The van der Waals surface area contributed by atoms with Gasteiger partial charge in [-0.3, -0.25) is 9.69 Å². The Labute approximate surface area is 280 Å². The molecule has 44 heavy (non-hydrogen) atoms. The Kier molecular flexibility index (Phi) is 11.9. The van der Waals surface area contributed by atoms with Crippen molar-refractivity contribution >= 4 is 52.2 Å². The van der Waals surface area contributed by atoms with Gasteiger partial charge in [0.25, 0.3) is 0 Å². The van der Waals surface area contributed by atoms with Crippen molar-refractivity contribution < 1.29 is 14.3 Å². The minimum atomic E-state index is 0. The summed E-state index contributed by atoms with van der Waals surface area (Å²) in [6.45, 7) is 10.6. The van der Waals surface area contributed by atoms with Crippen LogP contribution in [0.25, 0.3) is 5.70 Å². The fraction of sp³-hybridized carbons (Fsp3) is 0.257. The van der Waals surface area contributed by atoms with Crippen LogP contribution in [-0.2, 0) is 17.9 Å². The number of ether oxygens (including phenoxy) is 2. The summed E-state index contributed by atoms with van der Waals surface area (Å²) in [6, 6.07) is 23.7. The van der Waals surface area contributed by atoms with Crippen molar-refractivity contribution in [3.63, 3.8) is 0 Å². The molecule has 0 spiro atoms. The Hall–Kier alpha value is -3.36. The minimum Gasteiger partial charge on any atom is -0.487 e. The SMILES string of the molecule is Br.C/C(C=O)=C(/c1cc(C)c(Oc2ccc(OCc3ccccc3Cl)cn2)c(Cl)c1)N1CCN(Cc2ccc(C)cc2)CC1. The lowest BCUT2D eigenvalue weighted by Gasteiger charge is -2.38. The Morgan fingerprint density at radius 1 is 0.932 bits per heavy atom. The van der Waals surface area contributed by atoms with E-state index < -0.39 is 0 Å². The molecular formula is C35H36BrCl2N3O3. The van der Waals surface area contributed by atoms with Gasteiger partial charge in [-0.2, -0.15) is 0 Å². The normalized spacial score (nSPS) is 14.0. The third kappa shape index (κ3) is 8.42. The molecule has 5 rings (SSSR count). The number of carbonyl (C=O) groups is 1. The smallest absolute Gasteiger partial charge is 0.219 e. The topological polar surface area (TPSA) is 54.9 Å². The van der Waals surface area contributed by atoms with E-state index in [1.807, 2.05) is 50.2 Å². The number of aromatic nitrogens is 1. The van der Waals surface area contributed by atoms with Crippen LogP contribution in [0.15, 0.2) is 84.6 Å². The second-order valence-electron chi connectivity index (χ2n) is 10.8. The molecule has 3 aromatic carbocycles. The average molecular weight is 698 g/mol. The van der Waals surface area contributed by atoms with Crippen LogP contribution in [0.1, 0.15) is 34.7 Å². The Morgan fingerprint density at radius 3 is 2.30 bits per heavy atom. The van der Waals surface area contributed by atoms with Gasteiger partial charge in [-0.25, -0.2) is 4.98 Å². The highest BCUT2D eigenvalue weighted by Gasteiger charge is 2.23. The maximum atomic E-state index is 12.0. The summed E-state index contributed by atoms with van der Waals surface area (Å²) in [4.78, 5) is 21.1. The molecule has 1 aliphatic heterocycles. The number of rotatable bonds is 10. The van der Waals surface area contributed by atoms with Crippen LogP contribution in [0.2, 0.25) is 10.0 Å². The predicted molar refractivity (Wildman–Crippen MR) is 183 cm³/mol. The lowest BCUT2D eigenvalue weighted by molar-refractivity contribution is -0.104. The molecule has 2 heterocycles. The van der Waals surface area contributed by atoms with E-state index in [2.05, 4.69) is 46.0 Å². The van der Waals surface area contributed by atoms with Crippen molar-refractivity contribution in [3.05, 3.63) is 122 Å². The molecule has 0 radical (unpaired) electrons. The number of halogens is 3. The molecule has 1 aromatic heterocycles. The van der Waals surface area contributed by atoms with E-state index in [0.717, 1.165) is 61.4 Å². The summed E-state index contributed by atoms with van der Waals surface area (Å²) in [7, 11) is 0. The van der Waals surface area contributed by atoms with E-state index in [0.29, 0.717) is 39.6 Å². The maximum Gasteiger partial charge on any atom is 0.219 e. The first-order valence-electron chi connectivity index (χ1n) is 14.3.